The maximum Gasteiger partial charge on any atom is 0.336 e. The number of carbonyl (C=O) groups excluding carboxylic acids is 2. The number of hydrogen-bond acceptors (Lipinski definition) is 8. The SMILES string of the molecule is CCCCCCOc1ccc(/C=C/C(=O)Oc2ccc(/C=C(\C#N)C(=O)NCc3ccco3)cc2OC)cc1OC. The quantitative estimate of drug-likeness (QED) is 0.0781. The summed E-state index contributed by atoms with van der Waals surface area (Å²) in [5.74, 6) is 1.07. The molecule has 9 nitrogen and oxygen atoms in total. The molecule has 0 atom stereocenters. The third-order valence-corrected chi connectivity index (χ3v) is 5.93. The molecule has 0 aliphatic carbocycles. The van der Waals surface area contributed by atoms with E-state index >= 15 is 0 Å². The summed E-state index contributed by atoms with van der Waals surface area (Å²) >= 11 is 0. The molecule has 0 spiro atoms. The summed E-state index contributed by atoms with van der Waals surface area (Å²) in [4.78, 5) is 24.9. The van der Waals surface area contributed by atoms with Gasteiger partial charge in [0.25, 0.3) is 5.91 Å². The Kier molecular flexibility index (Phi) is 12.1. The van der Waals surface area contributed by atoms with Gasteiger partial charge in [0.15, 0.2) is 23.0 Å². The number of carbonyl (C=O) groups is 2. The fourth-order valence-corrected chi connectivity index (χ4v) is 3.77. The highest BCUT2D eigenvalue weighted by molar-refractivity contribution is 6.01. The molecule has 0 aliphatic heterocycles. The Morgan fingerprint density at radius 2 is 1.68 bits per heavy atom. The average molecular weight is 559 g/mol. The number of ether oxygens (including phenoxy) is 4. The molecule has 214 valence electrons. The second-order valence-corrected chi connectivity index (χ2v) is 8.92. The van der Waals surface area contributed by atoms with Gasteiger partial charge in [-0.05, 0) is 66.1 Å². The molecular formula is C32H34N2O7. The minimum atomic E-state index is -0.614. The topological polar surface area (TPSA) is 120 Å². The van der Waals surface area contributed by atoms with Gasteiger partial charge in [0.05, 0.1) is 33.6 Å². The number of hydrogen-bond donors (Lipinski definition) is 1. The molecule has 1 N–H and O–H groups in total. The molecule has 3 rings (SSSR count). The number of methoxy groups -OCH3 is 2. The molecule has 0 saturated carbocycles. The Morgan fingerprint density at radius 3 is 2.39 bits per heavy atom. The highest BCUT2D eigenvalue weighted by Crippen LogP contribution is 2.30. The first kappa shape index (κ1) is 30.6. The van der Waals surface area contributed by atoms with Gasteiger partial charge in [-0.1, -0.05) is 38.3 Å². The molecule has 1 heterocycles. The Labute approximate surface area is 240 Å². The van der Waals surface area contributed by atoms with E-state index < -0.39 is 11.9 Å². The number of nitriles is 1. The van der Waals surface area contributed by atoms with E-state index in [-0.39, 0.29) is 23.6 Å². The van der Waals surface area contributed by atoms with Crippen LogP contribution in [0.15, 0.2) is 70.9 Å². The molecule has 0 saturated heterocycles. The van der Waals surface area contributed by atoms with Crippen molar-refractivity contribution in [3.63, 3.8) is 0 Å². The molecule has 1 amide bonds. The van der Waals surface area contributed by atoms with Crippen LogP contribution in [0.3, 0.4) is 0 Å². The van der Waals surface area contributed by atoms with E-state index in [2.05, 4.69) is 12.2 Å². The Hall–Kier alpha value is -4.97. The normalized spacial score (nSPS) is 11.1. The lowest BCUT2D eigenvalue weighted by molar-refractivity contribution is -0.129. The van der Waals surface area contributed by atoms with Gasteiger partial charge in [-0.15, -0.1) is 0 Å². The average Bonchev–Trinajstić information content (AvgIpc) is 3.52. The summed E-state index contributed by atoms with van der Waals surface area (Å²) in [6.07, 6.45) is 10.3. The fourth-order valence-electron chi connectivity index (χ4n) is 3.77. The third kappa shape index (κ3) is 9.62. The zero-order valence-corrected chi connectivity index (χ0v) is 23.5. The Bertz CT molecular complexity index is 1400. The van der Waals surface area contributed by atoms with Crippen LogP contribution < -0.4 is 24.3 Å². The summed E-state index contributed by atoms with van der Waals surface area (Å²) in [5, 5.41) is 12.1. The van der Waals surface area contributed by atoms with Crippen LogP contribution in [0.2, 0.25) is 0 Å². The van der Waals surface area contributed by atoms with Crippen LogP contribution in [0.1, 0.15) is 49.5 Å². The minimum Gasteiger partial charge on any atom is -0.493 e. The fraction of sp³-hybridized carbons (Fsp3) is 0.281. The molecule has 2 aromatic carbocycles. The van der Waals surface area contributed by atoms with Gasteiger partial charge in [0.1, 0.15) is 17.4 Å². The first-order chi connectivity index (χ1) is 20.0. The van der Waals surface area contributed by atoms with Crippen LogP contribution in [-0.2, 0) is 16.1 Å². The van der Waals surface area contributed by atoms with E-state index in [1.807, 2.05) is 18.2 Å². The lowest BCUT2D eigenvalue weighted by Crippen LogP contribution is -2.23. The van der Waals surface area contributed by atoms with Crippen LogP contribution in [0.25, 0.3) is 12.2 Å². The van der Waals surface area contributed by atoms with Crippen molar-refractivity contribution in [3.05, 3.63) is 83.3 Å². The van der Waals surface area contributed by atoms with Crippen molar-refractivity contribution >= 4 is 24.0 Å². The van der Waals surface area contributed by atoms with E-state index in [0.717, 1.165) is 18.4 Å². The molecule has 1 aromatic heterocycles. The molecular weight excluding hydrogens is 524 g/mol. The summed E-state index contributed by atoms with van der Waals surface area (Å²) in [7, 11) is 3.00. The molecule has 0 fully saturated rings. The first-order valence-electron chi connectivity index (χ1n) is 13.3. The number of benzene rings is 2. The van der Waals surface area contributed by atoms with E-state index in [0.29, 0.717) is 29.4 Å². The molecule has 0 bridgehead atoms. The third-order valence-electron chi connectivity index (χ3n) is 5.93. The van der Waals surface area contributed by atoms with E-state index in [1.54, 1.807) is 43.5 Å². The second-order valence-electron chi connectivity index (χ2n) is 8.92. The summed E-state index contributed by atoms with van der Waals surface area (Å²) in [6.45, 7) is 2.93. The van der Waals surface area contributed by atoms with Crippen molar-refractivity contribution in [2.45, 2.75) is 39.2 Å². The van der Waals surface area contributed by atoms with Crippen LogP contribution in [0.4, 0.5) is 0 Å². The van der Waals surface area contributed by atoms with Gasteiger partial charge >= 0.3 is 5.97 Å². The summed E-state index contributed by atoms with van der Waals surface area (Å²) in [5.41, 5.74) is 1.15. The van der Waals surface area contributed by atoms with Crippen LogP contribution in [0.5, 0.6) is 23.0 Å². The zero-order chi connectivity index (χ0) is 29.5. The van der Waals surface area contributed by atoms with Crippen molar-refractivity contribution in [2.24, 2.45) is 0 Å². The minimum absolute atomic E-state index is 0.102. The first-order valence-corrected chi connectivity index (χ1v) is 13.3. The Balaban J connectivity index is 1.62. The lowest BCUT2D eigenvalue weighted by Gasteiger charge is -2.11. The second kappa shape index (κ2) is 16.2. The maximum atomic E-state index is 12.5. The predicted octanol–water partition coefficient (Wildman–Crippen LogP) is 6.10. The number of esters is 1. The van der Waals surface area contributed by atoms with Crippen LogP contribution in [-0.4, -0.2) is 32.7 Å². The van der Waals surface area contributed by atoms with Gasteiger partial charge in [-0.2, -0.15) is 5.26 Å². The molecule has 41 heavy (non-hydrogen) atoms. The summed E-state index contributed by atoms with van der Waals surface area (Å²) in [6, 6.07) is 15.4. The van der Waals surface area contributed by atoms with Gasteiger partial charge in [0.2, 0.25) is 0 Å². The van der Waals surface area contributed by atoms with Gasteiger partial charge in [-0.25, -0.2) is 4.79 Å². The molecule has 0 aliphatic rings. The highest BCUT2D eigenvalue weighted by atomic mass is 16.6. The number of nitrogens with one attached hydrogen (secondary N) is 1. The predicted molar refractivity (Wildman–Crippen MR) is 154 cm³/mol. The van der Waals surface area contributed by atoms with E-state index in [9.17, 15) is 14.9 Å². The standard InChI is InChI=1S/C32H34N2O7/c1-4-5-6-7-16-40-27-13-10-23(19-29(27)37-2)12-15-31(35)41-28-14-11-24(20-30(28)38-3)18-25(21-33)32(36)34-22-26-9-8-17-39-26/h8-15,17-20H,4-7,16,22H2,1-3H3,(H,34,36)/b15-12+,25-18+. The number of unbranched alkanes of at least 4 members (excludes halogenated alkanes) is 3. The van der Waals surface area contributed by atoms with Crippen molar-refractivity contribution in [3.8, 4) is 29.1 Å². The van der Waals surface area contributed by atoms with Crippen molar-refractivity contribution in [1.82, 2.24) is 5.32 Å². The monoisotopic (exact) mass is 558 g/mol. The Morgan fingerprint density at radius 1 is 0.951 bits per heavy atom. The van der Waals surface area contributed by atoms with Gasteiger partial charge < -0.3 is 28.7 Å². The van der Waals surface area contributed by atoms with Gasteiger partial charge in [0, 0.05) is 6.08 Å². The zero-order valence-electron chi connectivity index (χ0n) is 23.5. The smallest absolute Gasteiger partial charge is 0.336 e. The van der Waals surface area contributed by atoms with Crippen LogP contribution in [0, 0.1) is 11.3 Å². The number of furan rings is 1. The van der Waals surface area contributed by atoms with E-state index in [4.69, 9.17) is 23.4 Å². The molecule has 0 unspecified atom stereocenters. The van der Waals surface area contributed by atoms with Crippen molar-refractivity contribution in [1.29, 1.82) is 5.26 Å². The molecule has 0 radical (unpaired) electrons. The van der Waals surface area contributed by atoms with Crippen LogP contribution >= 0.6 is 0 Å². The van der Waals surface area contributed by atoms with Gasteiger partial charge in [-0.3, -0.25) is 4.79 Å². The molecule has 9 heteroatoms. The molecule has 3 aromatic rings. The lowest BCUT2D eigenvalue weighted by atomic mass is 10.1. The van der Waals surface area contributed by atoms with Crippen molar-refractivity contribution in [2.75, 3.05) is 20.8 Å². The number of rotatable bonds is 15. The largest absolute Gasteiger partial charge is 0.493 e. The number of nitrogens with zero attached hydrogens (tertiary/aromatic N) is 1. The van der Waals surface area contributed by atoms with E-state index in [1.165, 1.54) is 44.4 Å². The van der Waals surface area contributed by atoms with Crippen molar-refractivity contribution < 1.29 is 33.0 Å². The number of amides is 1. The highest BCUT2D eigenvalue weighted by Gasteiger charge is 2.13. The maximum absolute atomic E-state index is 12.5. The summed E-state index contributed by atoms with van der Waals surface area (Å²) < 4.78 is 27.3.